The van der Waals surface area contributed by atoms with Crippen LogP contribution in [0.4, 0.5) is 0 Å². The van der Waals surface area contributed by atoms with E-state index in [0.29, 0.717) is 0 Å². The lowest BCUT2D eigenvalue weighted by molar-refractivity contribution is 0.130. The first-order chi connectivity index (χ1) is 8.31. The van der Waals surface area contributed by atoms with Crippen molar-refractivity contribution < 1.29 is 5.11 Å². The van der Waals surface area contributed by atoms with Crippen molar-refractivity contribution in [1.29, 1.82) is 0 Å². The van der Waals surface area contributed by atoms with Crippen molar-refractivity contribution in [1.82, 2.24) is 9.55 Å². The van der Waals surface area contributed by atoms with Crippen molar-refractivity contribution in [3.63, 3.8) is 0 Å². The van der Waals surface area contributed by atoms with E-state index in [-0.39, 0.29) is 6.10 Å². The van der Waals surface area contributed by atoms with Gasteiger partial charge in [-0.1, -0.05) is 0 Å². The fourth-order valence-corrected chi connectivity index (χ4v) is 4.03. The second-order valence-corrected chi connectivity index (χ2v) is 6.48. The number of aliphatic hydroxyl groups is 1. The highest BCUT2D eigenvalue weighted by molar-refractivity contribution is 7.99. The van der Waals surface area contributed by atoms with Crippen molar-refractivity contribution in [2.75, 3.05) is 11.5 Å². The van der Waals surface area contributed by atoms with E-state index in [2.05, 4.69) is 22.5 Å². The Morgan fingerprint density at radius 1 is 1.35 bits per heavy atom. The standard InChI is InChI=1S/C13H20N2OS/c16-12-1-2-13-14-11(8-15(13)9-12)7-10-3-5-17-6-4-10/h8,10,12,16H,1-7,9H2. The third-order valence-corrected chi connectivity index (χ3v) is 4.91. The largest absolute Gasteiger partial charge is 0.391 e. The first-order valence-electron chi connectivity index (χ1n) is 6.62. The maximum atomic E-state index is 9.64. The number of imidazole rings is 1. The summed E-state index contributed by atoms with van der Waals surface area (Å²) in [5.74, 6) is 4.64. The minimum absolute atomic E-state index is 0.171. The van der Waals surface area contributed by atoms with Gasteiger partial charge in [0.25, 0.3) is 0 Å². The Labute approximate surface area is 107 Å². The predicted octanol–water partition coefficient (Wildman–Crippen LogP) is 1.88. The number of fused-ring (bicyclic) bond motifs is 1. The van der Waals surface area contributed by atoms with Crippen LogP contribution in [0.25, 0.3) is 0 Å². The smallest absolute Gasteiger partial charge is 0.109 e. The Balaban J connectivity index is 1.67. The first kappa shape index (κ1) is 11.6. The lowest BCUT2D eigenvalue weighted by Crippen LogP contribution is -2.23. The molecule has 3 nitrogen and oxygen atoms in total. The number of nitrogens with zero attached hydrogens (tertiary/aromatic N) is 2. The lowest BCUT2D eigenvalue weighted by Gasteiger charge is -2.20. The number of aryl methyl sites for hydroxylation is 1. The average molecular weight is 252 g/mol. The maximum Gasteiger partial charge on any atom is 0.109 e. The van der Waals surface area contributed by atoms with Crippen LogP contribution in [0.3, 0.4) is 0 Å². The Bertz CT molecular complexity index is 385. The van der Waals surface area contributed by atoms with Gasteiger partial charge in [0.2, 0.25) is 0 Å². The van der Waals surface area contributed by atoms with E-state index in [1.165, 1.54) is 35.9 Å². The summed E-state index contributed by atoms with van der Waals surface area (Å²) in [4.78, 5) is 4.72. The summed E-state index contributed by atoms with van der Waals surface area (Å²) in [5.41, 5.74) is 1.24. The van der Waals surface area contributed by atoms with Crippen molar-refractivity contribution in [2.24, 2.45) is 5.92 Å². The van der Waals surface area contributed by atoms with Gasteiger partial charge in [0.15, 0.2) is 0 Å². The van der Waals surface area contributed by atoms with Gasteiger partial charge >= 0.3 is 0 Å². The molecule has 94 valence electrons. The number of rotatable bonds is 2. The zero-order valence-corrected chi connectivity index (χ0v) is 11.0. The molecule has 1 unspecified atom stereocenters. The highest BCUT2D eigenvalue weighted by Gasteiger charge is 2.20. The molecule has 0 saturated carbocycles. The fraction of sp³-hybridized carbons (Fsp3) is 0.769. The molecule has 0 amide bonds. The third kappa shape index (κ3) is 2.68. The Hall–Kier alpha value is -0.480. The van der Waals surface area contributed by atoms with Crippen LogP contribution in [-0.2, 0) is 19.4 Å². The van der Waals surface area contributed by atoms with Crippen molar-refractivity contribution in [2.45, 2.75) is 44.8 Å². The molecule has 2 aliphatic heterocycles. The van der Waals surface area contributed by atoms with Crippen LogP contribution in [-0.4, -0.2) is 32.3 Å². The van der Waals surface area contributed by atoms with Gasteiger partial charge in [-0.2, -0.15) is 11.8 Å². The molecule has 1 fully saturated rings. The third-order valence-electron chi connectivity index (χ3n) is 3.86. The van der Waals surface area contributed by atoms with E-state index in [9.17, 15) is 5.11 Å². The number of hydrogen-bond donors (Lipinski definition) is 1. The van der Waals surface area contributed by atoms with Crippen molar-refractivity contribution >= 4 is 11.8 Å². The number of thioether (sulfide) groups is 1. The molecule has 1 aromatic heterocycles. The summed E-state index contributed by atoms with van der Waals surface area (Å²) in [5, 5.41) is 9.64. The SMILES string of the molecule is OC1CCc2nc(CC3CCSCC3)cn2C1. The monoisotopic (exact) mass is 252 g/mol. The lowest BCUT2D eigenvalue weighted by atomic mass is 9.97. The molecule has 1 atom stereocenters. The fourth-order valence-electron chi connectivity index (χ4n) is 2.83. The van der Waals surface area contributed by atoms with E-state index in [4.69, 9.17) is 4.98 Å². The van der Waals surface area contributed by atoms with E-state index < -0.39 is 0 Å². The summed E-state index contributed by atoms with van der Waals surface area (Å²) in [6.45, 7) is 0.739. The van der Waals surface area contributed by atoms with Crippen molar-refractivity contribution in [3.8, 4) is 0 Å². The predicted molar refractivity (Wildman–Crippen MR) is 70.3 cm³/mol. The topological polar surface area (TPSA) is 38.1 Å². The molecule has 0 spiro atoms. The van der Waals surface area contributed by atoms with E-state index in [0.717, 1.165) is 31.7 Å². The molecule has 4 heteroatoms. The molecular weight excluding hydrogens is 232 g/mol. The molecule has 0 aliphatic carbocycles. The molecule has 0 bridgehead atoms. The maximum absolute atomic E-state index is 9.64. The van der Waals surface area contributed by atoms with Gasteiger partial charge in [-0.15, -0.1) is 0 Å². The van der Waals surface area contributed by atoms with E-state index in [1.54, 1.807) is 0 Å². The molecule has 3 heterocycles. The van der Waals surface area contributed by atoms with Gasteiger partial charge in [0.05, 0.1) is 11.8 Å². The number of aromatic nitrogens is 2. The molecule has 3 rings (SSSR count). The van der Waals surface area contributed by atoms with Crippen LogP contribution >= 0.6 is 11.8 Å². The summed E-state index contributed by atoms with van der Waals surface area (Å²) in [7, 11) is 0. The Morgan fingerprint density at radius 2 is 2.18 bits per heavy atom. The molecule has 2 aliphatic rings. The number of hydrogen-bond acceptors (Lipinski definition) is 3. The second-order valence-electron chi connectivity index (χ2n) is 5.25. The highest BCUT2D eigenvalue weighted by atomic mass is 32.2. The summed E-state index contributed by atoms with van der Waals surface area (Å²) in [6.07, 6.45) is 7.62. The Morgan fingerprint density at radius 3 is 3.00 bits per heavy atom. The molecule has 0 radical (unpaired) electrons. The van der Waals surface area contributed by atoms with Crippen LogP contribution in [0.1, 0.15) is 30.8 Å². The van der Waals surface area contributed by atoms with Crippen LogP contribution in [0.5, 0.6) is 0 Å². The molecular formula is C13H20N2OS. The quantitative estimate of drug-likeness (QED) is 0.873. The Kier molecular flexibility index (Phi) is 3.43. The molecule has 1 N–H and O–H groups in total. The van der Waals surface area contributed by atoms with Gasteiger partial charge in [0, 0.05) is 19.2 Å². The zero-order chi connectivity index (χ0) is 11.7. The molecule has 1 saturated heterocycles. The van der Waals surface area contributed by atoms with Gasteiger partial charge < -0.3 is 9.67 Å². The van der Waals surface area contributed by atoms with Crippen LogP contribution < -0.4 is 0 Å². The van der Waals surface area contributed by atoms with Crippen LogP contribution in [0, 0.1) is 5.92 Å². The first-order valence-corrected chi connectivity index (χ1v) is 7.77. The summed E-state index contributed by atoms with van der Waals surface area (Å²) in [6, 6.07) is 0. The number of aliphatic hydroxyl groups excluding tert-OH is 1. The van der Waals surface area contributed by atoms with E-state index >= 15 is 0 Å². The van der Waals surface area contributed by atoms with Crippen LogP contribution in [0.15, 0.2) is 6.20 Å². The van der Waals surface area contributed by atoms with Crippen LogP contribution in [0.2, 0.25) is 0 Å². The zero-order valence-electron chi connectivity index (χ0n) is 10.1. The second kappa shape index (κ2) is 5.02. The van der Waals surface area contributed by atoms with Gasteiger partial charge in [-0.05, 0) is 43.1 Å². The molecule has 17 heavy (non-hydrogen) atoms. The normalized spacial score (nSPS) is 25.8. The average Bonchev–Trinajstić information content (AvgIpc) is 2.71. The molecule has 1 aromatic rings. The van der Waals surface area contributed by atoms with Gasteiger partial charge in [0.1, 0.15) is 5.82 Å². The highest BCUT2D eigenvalue weighted by Crippen LogP contribution is 2.26. The minimum atomic E-state index is -0.171. The molecule has 0 aromatic carbocycles. The van der Waals surface area contributed by atoms with Crippen molar-refractivity contribution in [3.05, 3.63) is 17.7 Å². The summed E-state index contributed by atoms with van der Waals surface area (Å²) < 4.78 is 2.15. The van der Waals surface area contributed by atoms with Gasteiger partial charge in [-0.3, -0.25) is 0 Å². The van der Waals surface area contributed by atoms with E-state index in [1.807, 2.05) is 0 Å². The van der Waals surface area contributed by atoms with Gasteiger partial charge in [-0.25, -0.2) is 4.98 Å². The summed E-state index contributed by atoms with van der Waals surface area (Å²) >= 11 is 2.08. The minimum Gasteiger partial charge on any atom is -0.391 e.